The lowest BCUT2D eigenvalue weighted by Crippen LogP contribution is -2.03. The number of nitrogens with one attached hydrogen (secondary N) is 1. The van der Waals surface area contributed by atoms with E-state index in [9.17, 15) is 13.2 Å². The molecule has 0 atom stereocenters. The summed E-state index contributed by atoms with van der Waals surface area (Å²) in [6.07, 6.45) is 0. The van der Waals surface area contributed by atoms with Crippen LogP contribution >= 0.6 is 23.2 Å². The average Bonchev–Trinajstić information content (AvgIpc) is 2.25. The Balaban J connectivity index is 2.19. The standard InChI is InChI=1S/C13H8Cl2F3N/c14-8-1-7(2-9(16)3-8)6-19-13-11(15)4-10(17)5-12(13)18/h1-5,19H,6H2. The molecule has 0 amide bonds. The van der Waals surface area contributed by atoms with Gasteiger partial charge in [0.1, 0.15) is 11.6 Å². The second-order valence-corrected chi connectivity index (χ2v) is 4.72. The van der Waals surface area contributed by atoms with Crippen molar-refractivity contribution in [2.45, 2.75) is 6.54 Å². The lowest BCUT2D eigenvalue weighted by Gasteiger charge is -2.10. The summed E-state index contributed by atoms with van der Waals surface area (Å²) < 4.78 is 39.4. The molecule has 0 spiro atoms. The summed E-state index contributed by atoms with van der Waals surface area (Å²) in [7, 11) is 0. The van der Waals surface area contributed by atoms with Gasteiger partial charge in [-0.2, -0.15) is 0 Å². The molecule has 0 saturated carbocycles. The van der Waals surface area contributed by atoms with Crippen molar-refractivity contribution in [2.24, 2.45) is 0 Å². The topological polar surface area (TPSA) is 12.0 Å². The quantitative estimate of drug-likeness (QED) is 0.839. The van der Waals surface area contributed by atoms with E-state index in [1.807, 2.05) is 0 Å². The highest BCUT2D eigenvalue weighted by atomic mass is 35.5. The van der Waals surface area contributed by atoms with Gasteiger partial charge in [-0.05, 0) is 29.8 Å². The molecule has 0 fully saturated rings. The van der Waals surface area contributed by atoms with Crippen LogP contribution in [0.25, 0.3) is 0 Å². The highest BCUT2D eigenvalue weighted by Crippen LogP contribution is 2.27. The number of anilines is 1. The summed E-state index contributed by atoms with van der Waals surface area (Å²) in [5.74, 6) is -2.07. The van der Waals surface area contributed by atoms with Gasteiger partial charge in [0.2, 0.25) is 0 Å². The first kappa shape index (κ1) is 14.0. The molecule has 0 saturated heterocycles. The van der Waals surface area contributed by atoms with E-state index in [-0.39, 0.29) is 22.3 Å². The Morgan fingerprint density at radius 3 is 2.21 bits per heavy atom. The number of rotatable bonds is 3. The van der Waals surface area contributed by atoms with Crippen LogP contribution in [0, 0.1) is 17.5 Å². The van der Waals surface area contributed by atoms with Gasteiger partial charge in [0, 0.05) is 17.6 Å². The molecule has 0 heterocycles. The summed E-state index contributed by atoms with van der Waals surface area (Å²) in [6.45, 7) is 0.111. The summed E-state index contributed by atoms with van der Waals surface area (Å²) in [5.41, 5.74) is 0.480. The maximum atomic E-state index is 13.5. The Morgan fingerprint density at radius 2 is 1.58 bits per heavy atom. The predicted molar refractivity (Wildman–Crippen MR) is 70.1 cm³/mol. The molecule has 6 heteroatoms. The minimum absolute atomic E-state index is 0.0385. The Kier molecular flexibility index (Phi) is 4.22. The van der Waals surface area contributed by atoms with Gasteiger partial charge < -0.3 is 5.32 Å². The first-order valence-electron chi connectivity index (χ1n) is 5.29. The monoisotopic (exact) mass is 305 g/mol. The van der Waals surface area contributed by atoms with Gasteiger partial charge in [0.05, 0.1) is 10.7 Å². The smallest absolute Gasteiger partial charge is 0.150 e. The molecule has 1 N–H and O–H groups in total. The van der Waals surface area contributed by atoms with E-state index >= 15 is 0 Å². The largest absolute Gasteiger partial charge is 0.377 e. The molecule has 2 aromatic rings. The van der Waals surface area contributed by atoms with Crippen LogP contribution in [0.2, 0.25) is 10.0 Å². The Hall–Kier alpha value is -1.39. The molecule has 0 bridgehead atoms. The number of halogens is 5. The number of hydrogen-bond acceptors (Lipinski definition) is 1. The second kappa shape index (κ2) is 5.72. The summed E-state index contributed by atoms with van der Waals surface area (Å²) in [4.78, 5) is 0. The predicted octanol–water partition coefficient (Wildman–Crippen LogP) is 5.02. The lowest BCUT2D eigenvalue weighted by molar-refractivity contribution is 0.585. The van der Waals surface area contributed by atoms with Crippen molar-refractivity contribution < 1.29 is 13.2 Å². The number of benzene rings is 2. The van der Waals surface area contributed by atoms with Crippen LogP contribution in [-0.2, 0) is 6.54 Å². The molecule has 2 aromatic carbocycles. The van der Waals surface area contributed by atoms with Gasteiger partial charge in [-0.25, -0.2) is 13.2 Å². The highest BCUT2D eigenvalue weighted by Gasteiger charge is 2.10. The zero-order chi connectivity index (χ0) is 14.0. The first-order valence-corrected chi connectivity index (χ1v) is 6.04. The Morgan fingerprint density at radius 1 is 0.895 bits per heavy atom. The maximum Gasteiger partial charge on any atom is 0.150 e. The molecule has 100 valence electrons. The van der Waals surface area contributed by atoms with E-state index in [1.54, 1.807) is 0 Å². The SMILES string of the molecule is Fc1cc(Cl)cc(CNc2c(F)cc(F)cc2Cl)c1. The van der Waals surface area contributed by atoms with Crippen molar-refractivity contribution in [1.29, 1.82) is 0 Å². The molecule has 0 aromatic heterocycles. The van der Waals surface area contributed by atoms with Gasteiger partial charge in [0.15, 0.2) is 5.82 Å². The molecule has 2 rings (SSSR count). The van der Waals surface area contributed by atoms with Crippen LogP contribution in [-0.4, -0.2) is 0 Å². The van der Waals surface area contributed by atoms with E-state index < -0.39 is 17.5 Å². The highest BCUT2D eigenvalue weighted by molar-refractivity contribution is 6.33. The third-order valence-electron chi connectivity index (χ3n) is 2.40. The minimum atomic E-state index is -0.812. The zero-order valence-corrected chi connectivity index (χ0v) is 11.0. The molecule has 19 heavy (non-hydrogen) atoms. The van der Waals surface area contributed by atoms with Gasteiger partial charge in [-0.1, -0.05) is 23.2 Å². The van der Waals surface area contributed by atoms with E-state index in [2.05, 4.69) is 5.32 Å². The van der Waals surface area contributed by atoms with Crippen LogP contribution in [0.1, 0.15) is 5.56 Å². The zero-order valence-electron chi connectivity index (χ0n) is 9.48. The van der Waals surface area contributed by atoms with E-state index in [0.29, 0.717) is 11.6 Å². The van der Waals surface area contributed by atoms with Crippen molar-refractivity contribution in [3.05, 3.63) is 63.4 Å². The van der Waals surface area contributed by atoms with Crippen LogP contribution in [0.3, 0.4) is 0 Å². The fourth-order valence-electron chi connectivity index (χ4n) is 1.61. The number of hydrogen-bond donors (Lipinski definition) is 1. The van der Waals surface area contributed by atoms with Gasteiger partial charge in [0.25, 0.3) is 0 Å². The average molecular weight is 306 g/mol. The van der Waals surface area contributed by atoms with Crippen LogP contribution in [0.4, 0.5) is 18.9 Å². The van der Waals surface area contributed by atoms with Crippen molar-refractivity contribution in [1.82, 2.24) is 0 Å². The molecule has 0 aliphatic heterocycles. The fourth-order valence-corrected chi connectivity index (χ4v) is 2.12. The summed E-state index contributed by atoms with van der Waals surface area (Å²) >= 11 is 11.4. The van der Waals surface area contributed by atoms with E-state index in [1.165, 1.54) is 12.1 Å². The van der Waals surface area contributed by atoms with Crippen LogP contribution < -0.4 is 5.32 Å². The van der Waals surface area contributed by atoms with Gasteiger partial charge >= 0.3 is 0 Å². The minimum Gasteiger partial charge on any atom is -0.377 e. The molecule has 0 aliphatic rings. The van der Waals surface area contributed by atoms with Gasteiger partial charge in [-0.15, -0.1) is 0 Å². The third kappa shape index (κ3) is 3.55. The maximum absolute atomic E-state index is 13.5. The van der Waals surface area contributed by atoms with E-state index in [4.69, 9.17) is 23.2 Å². The van der Waals surface area contributed by atoms with E-state index in [0.717, 1.165) is 12.1 Å². The third-order valence-corrected chi connectivity index (χ3v) is 2.91. The fraction of sp³-hybridized carbons (Fsp3) is 0.0769. The molecular weight excluding hydrogens is 298 g/mol. The molecular formula is C13H8Cl2F3N. The van der Waals surface area contributed by atoms with Crippen molar-refractivity contribution in [3.63, 3.8) is 0 Å². The summed E-state index contributed by atoms with van der Waals surface area (Å²) in [6, 6.07) is 5.66. The van der Waals surface area contributed by atoms with Crippen molar-refractivity contribution >= 4 is 28.9 Å². The lowest BCUT2D eigenvalue weighted by atomic mass is 10.2. The first-order chi connectivity index (χ1) is 8.95. The molecule has 0 radical (unpaired) electrons. The van der Waals surface area contributed by atoms with Crippen LogP contribution in [0.15, 0.2) is 30.3 Å². The Bertz CT molecular complexity index is 574. The van der Waals surface area contributed by atoms with Gasteiger partial charge in [-0.3, -0.25) is 0 Å². The molecule has 0 unspecified atom stereocenters. The van der Waals surface area contributed by atoms with Crippen LogP contribution in [0.5, 0.6) is 0 Å². The molecule has 1 nitrogen and oxygen atoms in total. The Labute approximate surface area is 118 Å². The summed E-state index contributed by atoms with van der Waals surface area (Å²) in [5, 5.41) is 2.84. The molecule has 0 aliphatic carbocycles. The van der Waals surface area contributed by atoms with Crippen molar-refractivity contribution in [2.75, 3.05) is 5.32 Å². The van der Waals surface area contributed by atoms with Crippen molar-refractivity contribution in [3.8, 4) is 0 Å². The normalized spacial score (nSPS) is 10.6. The second-order valence-electron chi connectivity index (χ2n) is 3.88.